The monoisotopic (exact) mass is 468 g/mol. The quantitative estimate of drug-likeness (QED) is 0.310. The highest BCUT2D eigenvalue weighted by molar-refractivity contribution is 6.31. The number of hydrogen-bond acceptors (Lipinski definition) is 3. The Morgan fingerprint density at radius 1 is 0.941 bits per heavy atom. The van der Waals surface area contributed by atoms with E-state index in [4.69, 9.17) is 16.3 Å². The molecule has 1 aliphatic rings. The van der Waals surface area contributed by atoms with Crippen LogP contribution in [0.5, 0.6) is 0 Å². The smallest absolute Gasteiger partial charge is 0.412 e. The van der Waals surface area contributed by atoms with Crippen molar-refractivity contribution in [3.63, 3.8) is 0 Å². The maximum absolute atomic E-state index is 12.6. The molecule has 170 valence electrons. The molecule has 34 heavy (non-hydrogen) atoms. The lowest BCUT2D eigenvalue weighted by molar-refractivity contribution is 0.121. The third kappa shape index (κ3) is 4.97. The standard InChI is InChI=1S/C29H25ClN2O2/c1-19(25-4-2-3-5-27(25)30)34-29(33)32-28-16-17-31-18-26(28)24-14-12-23(13-15-24)22-10-8-21(9-11-22)20-6-7-20/h2-5,8-20H,6-7H2,1H3,(H,31,32,33). The molecule has 5 heteroatoms. The van der Waals surface area contributed by atoms with Crippen LogP contribution in [0.2, 0.25) is 5.02 Å². The van der Waals surface area contributed by atoms with E-state index >= 15 is 0 Å². The molecular formula is C29H25ClN2O2. The van der Waals surface area contributed by atoms with Crippen LogP contribution >= 0.6 is 11.6 Å². The summed E-state index contributed by atoms with van der Waals surface area (Å²) in [6, 6.07) is 26.2. The highest BCUT2D eigenvalue weighted by Gasteiger charge is 2.23. The second kappa shape index (κ2) is 9.70. The first kappa shape index (κ1) is 22.2. The van der Waals surface area contributed by atoms with Gasteiger partial charge >= 0.3 is 6.09 Å². The maximum Gasteiger partial charge on any atom is 0.412 e. The summed E-state index contributed by atoms with van der Waals surface area (Å²) in [5.74, 6) is 0.757. The third-order valence-corrected chi connectivity index (χ3v) is 6.52. The van der Waals surface area contributed by atoms with Crippen LogP contribution in [0.1, 0.15) is 42.9 Å². The van der Waals surface area contributed by atoms with Crippen LogP contribution in [0.15, 0.2) is 91.3 Å². The first-order valence-corrected chi connectivity index (χ1v) is 11.8. The summed E-state index contributed by atoms with van der Waals surface area (Å²) in [6.45, 7) is 1.80. The van der Waals surface area contributed by atoms with Gasteiger partial charge in [0.25, 0.3) is 0 Å². The van der Waals surface area contributed by atoms with Crippen LogP contribution in [-0.2, 0) is 4.74 Å². The molecule has 3 aromatic carbocycles. The van der Waals surface area contributed by atoms with Gasteiger partial charge in [0.15, 0.2) is 0 Å². The summed E-state index contributed by atoms with van der Waals surface area (Å²) in [4.78, 5) is 16.9. The van der Waals surface area contributed by atoms with Crippen molar-refractivity contribution in [1.82, 2.24) is 4.98 Å². The molecule has 0 saturated heterocycles. The summed E-state index contributed by atoms with van der Waals surface area (Å²) < 4.78 is 5.56. The summed E-state index contributed by atoms with van der Waals surface area (Å²) in [5.41, 5.74) is 6.95. The van der Waals surface area contributed by atoms with E-state index in [9.17, 15) is 4.79 Å². The van der Waals surface area contributed by atoms with Gasteiger partial charge in [0.1, 0.15) is 6.10 Å². The van der Waals surface area contributed by atoms with Crippen LogP contribution < -0.4 is 5.32 Å². The summed E-state index contributed by atoms with van der Waals surface area (Å²) in [7, 11) is 0. The van der Waals surface area contributed by atoms with Crippen LogP contribution in [0.4, 0.5) is 10.5 Å². The number of benzene rings is 3. The Hall–Kier alpha value is -3.63. The van der Waals surface area contributed by atoms with Crippen molar-refractivity contribution in [2.75, 3.05) is 5.32 Å². The fourth-order valence-electron chi connectivity index (χ4n) is 4.11. The third-order valence-electron chi connectivity index (χ3n) is 6.17. The van der Waals surface area contributed by atoms with Crippen LogP contribution in [0.25, 0.3) is 22.3 Å². The number of hydrogen-bond donors (Lipinski definition) is 1. The molecule has 5 rings (SSSR count). The summed E-state index contributed by atoms with van der Waals surface area (Å²) in [5, 5.41) is 3.42. The van der Waals surface area contributed by atoms with Crippen molar-refractivity contribution >= 4 is 23.4 Å². The topological polar surface area (TPSA) is 51.2 Å². The largest absolute Gasteiger partial charge is 0.441 e. The summed E-state index contributed by atoms with van der Waals surface area (Å²) in [6.07, 6.45) is 4.97. The minimum Gasteiger partial charge on any atom is -0.441 e. The number of amides is 1. The Bertz CT molecular complexity index is 1300. The van der Waals surface area contributed by atoms with Gasteiger partial charge in [0, 0.05) is 28.5 Å². The number of carbonyl (C=O) groups excluding carboxylic acids is 1. The zero-order chi connectivity index (χ0) is 23.5. The number of carbonyl (C=O) groups is 1. The van der Waals surface area contributed by atoms with Crippen LogP contribution in [0.3, 0.4) is 0 Å². The van der Waals surface area contributed by atoms with E-state index in [2.05, 4.69) is 46.7 Å². The van der Waals surface area contributed by atoms with Gasteiger partial charge in [-0.15, -0.1) is 0 Å². The molecule has 1 fully saturated rings. The van der Waals surface area contributed by atoms with E-state index in [0.717, 1.165) is 28.2 Å². The van der Waals surface area contributed by atoms with E-state index in [1.807, 2.05) is 30.3 Å². The molecule has 1 atom stereocenters. The van der Waals surface area contributed by atoms with Crippen molar-refractivity contribution in [2.45, 2.75) is 31.8 Å². The molecule has 0 spiro atoms. The van der Waals surface area contributed by atoms with Crippen molar-refractivity contribution in [3.05, 3.63) is 107 Å². The van der Waals surface area contributed by atoms with Crippen molar-refractivity contribution in [1.29, 1.82) is 0 Å². The second-order valence-electron chi connectivity index (χ2n) is 8.59. The van der Waals surface area contributed by atoms with Gasteiger partial charge in [0.05, 0.1) is 5.69 Å². The average Bonchev–Trinajstić information content (AvgIpc) is 3.70. The number of rotatable bonds is 6. The second-order valence-corrected chi connectivity index (χ2v) is 9.00. The number of halogens is 1. The van der Waals surface area contributed by atoms with E-state index in [1.165, 1.54) is 24.0 Å². The Labute approximate surface area is 204 Å². The Morgan fingerprint density at radius 2 is 1.59 bits per heavy atom. The molecule has 1 N–H and O–H groups in total. The van der Waals surface area contributed by atoms with Crippen molar-refractivity contribution < 1.29 is 9.53 Å². The lowest BCUT2D eigenvalue weighted by Crippen LogP contribution is -2.16. The average molecular weight is 469 g/mol. The Kier molecular flexibility index (Phi) is 6.33. The highest BCUT2D eigenvalue weighted by Crippen LogP contribution is 2.40. The van der Waals surface area contributed by atoms with Gasteiger partial charge in [-0.3, -0.25) is 10.3 Å². The van der Waals surface area contributed by atoms with Gasteiger partial charge < -0.3 is 4.74 Å². The minimum absolute atomic E-state index is 0.482. The molecule has 1 saturated carbocycles. The molecule has 1 amide bonds. The Balaban J connectivity index is 1.30. The first-order chi connectivity index (χ1) is 16.6. The molecule has 1 aliphatic carbocycles. The van der Waals surface area contributed by atoms with E-state index < -0.39 is 12.2 Å². The number of nitrogens with one attached hydrogen (secondary N) is 1. The molecule has 0 radical (unpaired) electrons. The van der Waals surface area contributed by atoms with E-state index in [0.29, 0.717) is 10.7 Å². The van der Waals surface area contributed by atoms with Crippen LogP contribution in [-0.4, -0.2) is 11.1 Å². The van der Waals surface area contributed by atoms with Gasteiger partial charge in [-0.2, -0.15) is 0 Å². The number of anilines is 1. The fourth-order valence-corrected chi connectivity index (χ4v) is 4.40. The number of nitrogens with zero attached hydrogens (tertiary/aromatic N) is 1. The molecule has 4 aromatic rings. The summed E-state index contributed by atoms with van der Waals surface area (Å²) >= 11 is 6.23. The predicted molar refractivity (Wildman–Crippen MR) is 137 cm³/mol. The van der Waals surface area contributed by atoms with Crippen molar-refractivity contribution in [2.24, 2.45) is 0 Å². The number of ether oxygens (including phenoxy) is 1. The van der Waals surface area contributed by atoms with Gasteiger partial charge in [-0.05, 0) is 60.1 Å². The van der Waals surface area contributed by atoms with Crippen molar-refractivity contribution in [3.8, 4) is 22.3 Å². The normalized spacial score (nSPS) is 13.8. The molecule has 0 bridgehead atoms. The minimum atomic E-state index is -0.549. The van der Waals surface area contributed by atoms with Gasteiger partial charge in [-0.25, -0.2) is 4.79 Å². The van der Waals surface area contributed by atoms with E-state index in [-0.39, 0.29) is 0 Å². The fraction of sp³-hybridized carbons (Fsp3) is 0.172. The SMILES string of the molecule is CC(OC(=O)Nc1ccncc1-c1ccc(-c2ccc(C3CC3)cc2)cc1)c1ccccc1Cl. The lowest BCUT2D eigenvalue weighted by Gasteiger charge is -2.16. The predicted octanol–water partition coefficient (Wildman–Crippen LogP) is 8.26. The molecule has 1 heterocycles. The maximum atomic E-state index is 12.6. The first-order valence-electron chi connectivity index (χ1n) is 11.5. The molecule has 0 aliphatic heterocycles. The lowest BCUT2D eigenvalue weighted by atomic mass is 9.99. The van der Waals surface area contributed by atoms with E-state index in [1.54, 1.807) is 31.5 Å². The molecule has 1 unspecified atom stereocenters. The number of aromatic nitrogens is 1. The van der Waals surface area contributed by atoms with Gasteiger partial charge in [0.2, 0.25) is 0 Å². The zero-order valence-corrected chi connectivity index (χ0v) is 19.6. The zero-order valence-electron chi connectivity index (χ0n) is 18.9. The van der Waals surface area contributed by atoms with Crippen LogP contribution in [0, 0.1) is 0 Å². The molecule has 4 nitrogen and oxygen atoms in total. The molecular weight excluding hydrogens is 444 g/mol. The van der Waals surface area contributed by atoms with Gasteiger partial charge in [-0.1, -0.05) is 78.3 Å². The Morgan fingerprint density at radius 3 is 2.26 bits per heavy atom. The highest BCUT2D eigenvalue weighted by atomic mass is 35.5. The molecule has 1 aromatic heterocycles. The number of pyridine rings is 1.